The van der Waals surface area contributed by atoms with Crippen molar-refractivity contribution in [3.05, 3.63) is 0 Å². The zero-order valence-electron chi connectivity index (χ0n) is 10.6. The van der Waals surface area contributed by atoms with Crippen LogP contribution >= 0.6 is 11.8 Å². The number of nitrogens with zero attached hydrogens (tertiary/aromatic N) is 1. The van der Waals surface area contributed by atoms with Crippen LogP contribution in [0.4, 0.5) is 0 Å². The second-order valence-electron chi connectivity index (χ2n) is 4.15. The Kier molecular flexibility index (Phi) is 6.87. The molecule has 6 heteroatoms. The molecule has 1 aliphatic heterocycles. The van der Waals surface area contributed by atoms with E-state index < -0.39 is 6.04 Å². The van der Waals surface area contributed by atoms with Crippen LogP contribution < -0.4 is 5.73 Å². The van der Waals surface area contributed by atoms with E-state index in [-0.39, 0.29) is 12.1 Å². The first-order valence-corrected chi connectivity index (χ1v) is 7.09. The van der Waals surface area contributed by atoms with Crippen LogP contribution in [0.2, 0.25) is 0 Å². The maximum Gasteiger partial charge on any atom is 0.323 e. The number of nitrogens with two attached hydrogens (primary N) is 1. The summed E-state index contributed by atoms with van der Waals surface area (Å²) in [5, 5.41) is 0. The molecule has 0 aliphatic carbocycles. The molecule has 1 saturated heterocycles. The van der Waals surface area contributed by atoms with Gasteiger partial charge >= 0.3 is 5.97 Å². The molecule has 1 aliphatic rings. The molecule has 0 radical (unpaired) electrons. The Bertz CT molecular complexity index is 241. The smallest absolute Gasteiger partial charge is 0.323 e. The van der Waals surface area contributed by atoms with Crippen molar-refractivity contribution in [3.8, 4) is 0 Å². The number of ether oxygens (including phenoxy) is 2. The molecule has 0 saturated carbocycles. The molecule has 2 unspecified atom stereocenters. The first-order chi connectivity index (χ1) is 8.13. The van der Waals surface area contributed by atoms with Crippen LogP contribution in [-0.4, -0.2) is 67.9 Å². The molecule has 0 bridgehead atoms. The Hall–Kier alpha value is -0.300. The van der Waals surface area contributed by atoms with E-state index in [1.807, 2.05) is 0 Å². The van der Waals surface area contributed by atoms with Crippen LogP contribution in [0, 0.1) is 0 Å². The minimum Gasteiger partial charge on any atom is -0.465 e. The zero-order valence-corrected chi connectivity index (χ0v) is 11.4. The summed E-state index contributed by atoms with van der Waals surface area (Å²) in [4.78, 5) is 13.5. The van der Waals surface area contributed by atoms with E-state index in [0.717, 1.165) is 25.4 Å². The van der Waals surface area contributed by atoms with Crippen molar-refractivity contribution in [1.29, 1.82) is 0 Å². The summed E-state index contributed by atoms with van der Waals surface area (Å²) in [6.45, 7) is 4.88. The highest BCUT2D eigenvalue weighted by molar-refractivity contribution is 7.99. The Balaban J connectivity index is 2.12. The van der Waals surface area contributed by atoms with Crippen molar-refractivity contribution in [1.82, 2.24) is 4.90 Å². The average Bonchev–Trinajstić information content (AvgIpc) is 2.29. The van der Waals surface area contributed by atoms with Crippen molar-refractivity contribution in [2.24, 2.45) is 5.73 Å². The molecular formula is C11H22N2O3S. The highest BCUT2D eigenvalue weighted by Crippen LogP contribution is 2.11. The Morgan fingerprint density at radius 1 is 1.71 bits per heavy atom. The lowest BCUT2D eigenvalue weighted by Crippen LogP contribution is -2.41. The highest BCUT2D eigenvalue weighted by atomic mass is 32.2. The predicted molar refractivity (Wildman–Crippen MR) is 69.2 cm³/mol. The zero-order chi connectivity index (χ0) is 12.7. The van der Waals surface area contributed by atoms with Gasteiger partial charge in [-0.2, -0.15) is 11.8 Å². The topological polar surface area (TPSA) is 64.8 Å². The van der Waals surface area contributed by atoms with Gasteiger partial charge in [0, 0.05) is 24.6 Å². The minimum absolute atomic E-state index is 0.244. The van der Waals surface area contributed by atoms with Crippen molar-refractivity contribution in [2.45, 2.75) is 19.1 Å². The molecule has 100 valence electrons. The van der Waals surface area contributed by atoms with Gasteiger partial charge in [0.15, 0.2) is 0 Å². The Morgan fingerprint density at radius 3 is 3.12 bits per heavy atom. The van der Waals surface area contributed by atoms with E-state index >= 15 is 0 Å². The van der Waals surface area contributed by atoms with E-state index in [9.17, 15) is 4.79 Å². The summed E-state index contributed by atoms with van der Waals surface area (Å²) < 4.78 is 10.5. The SMILES string of the molecule is CCOC(=O)C(N)CSCC1CN(C)CCO1. The molecule has 0 amide bonds. The van der Waals surface area contributed by atoms with Crippen LogP contribution in [0.1, 0.15) is 6.92 Å². The fourth-order valence-electron chi connectivity index (χ4n) is 1.61. The summed E-state index contributed by atoms with van der Waals surface area (Å²) in [5.41, 5.74) is 5.70. The summed E-state index contributed by atoms with van der Waals surface area (Å²) in [7, 11) is 2.09. The van der Waals surface area contributed by atoms with Crippen LogP contribution in [-0.2, 0) is 14.3 Å². The number of morpholine rings is 1. The van der Waals surface area contributed by atoms with Gasteiger partial charge in [0.25, 0.3) is 0 Å². The predicted octanol–water partition coefficient (Wildman–Crippen LogP) is -0.0594. The van der Waals surface area contributed by atoms with E-state index in [4.69, 9.17) is 15.2 Å². The lowest BCUT2D eigenvalue weighted by atomic mass is 10.3. The molecular weight excluding hydrogens is 240 g/mol. The monoisotopic (exact) mass is 262 g/mol. The summed E-state index contributed by atoms with van der Waals surface area (Å²) in [5.74, 6) is 1.14. The summed E-state index contributed by atoms with van der Waals surface area (Å²) >= 11 is 1.65. The van der Waals surface area contributed by atoms with Gasteiger partial charge in [-0.05, 0) is 14.0 Å². The van der Waals surface area contributed by atoms with Gasteiger partial charge in [0.1, 0.15) is 6.04 Å². The van der Waals surface area contributed by atoms with E-state index in [0.29, 0.717) is 12.4 Å². The van der Waals surface area contributed by atoms with Crippen molar-refractivity contribution >= 4 is 17.7 Å². The third kappa shape index (κ3) is 5.72. The molecule has 0 aromatic rings. The van der Waals surface area contributed by atoms with Crippen molar-refractivity contribution in [2.75, 3.05) is 44.9 Å². The van der Waals surface area contributed by atoms with Crippen LogP contribution in [0.25, 0.3) is 0 Å². The maximum absolute atomic E-state index is 11.3. The van der Waals surface area contributed by atoms with Gasteiger partial charge in [0.05, 0.1) is 19.3 Å². The second kappa shape index (κ2) is 7.92. The van der Waals surface area contributed by atoms with Gasteiger partial charge in [-0.3, -0.25) is 4.79 Å². The average molecular weight is 262 g/mol. The number of likely N-dealkylation sites (N-methyl/N-ethyl adjacent to an activating group) is 1. The van der Waals surface area contributed by atoms with E-state index in [2.05, 4.69) is 11.9 Å². The first kappa shape index (κ1) is 14.8. The number of carbonyl (C=O) groups excluding carboxylic acids is 1. The van der Waals surface area contributed by atoms with Crippen molar-refractivity contribution in [3.63, 3.8) is 0 Å². The highest BCUT2D eigenvalue weighted by Gasteiger charge is 2.19. The van der Waals surface area contributed by atoms with Crippen LogP contribution in [0.15, 0.2) is 0 Å². The Labute approximate surface area is 107 Å². The van der Waals surface area contributed by atoms with Gasteiger partial charge < -0.3 is 20.1 Å². The normalized spacial score (nSPS) is 23.4. The fraction of sp³-hybridized carbons (Fsp3) is 0.909. The molecule has 5 nitrogen and oxygen atoms in total. The molecule has 2 N–H and O–H groups in total. The van der Waals surface area contributed by atoms with E-state index in [1.165, 1.54) is 0 Å². The molecule has 1 rings (SSSR count). The molecule has 2 atom stereocenters. The molecule has 17 heavy (non-hydrogen) atoms. The van der Waals surface area contributed by atoms with Gasteiger partial charge in [0.2, 0.25) is 0 Å². The molecule has 0 aromatic heterocycles. The molecule has 0 spiro atoms. The van der Waals surface area contributed by atoms with Crippen LogP contribution in [0.5, 0.6) is 0 Å². The summed E-state index contributed by atoms with van der Waals surface area (Å²) in [6.07, 6.45) is 0.244. The van der Waals surface area contributed by atoms with Gasteiger partial charge in [-0.1, -0.05) is 0 Å². The number of rotatable bonds is 6. The Morgan fingerprint density at radius 2 is 2.47 bits per heavy atom. The number of carbonyl (C=O) groups is 1. The van der Waals surface area contributed by atoms with Crippen molar-refractivity contribution < 1.29 is 14.3 Å². The number of esters is 1. The number of thioether (sulfide) groups is 1. The number of hydrogen-bond donors (Lipinski definition) is 1. The lowest BCUT2D eigenvalue weighted by molar-refractivity contribution is -0.144. The van der Waals surface area contributed by atoms with Gasteiger partial charge in [-0.25, -0.2) is 0 Å². The lowest BCUT2D eigenvalue weighted by Gasteiger charge is -2.29. The van der Waals surface area contributed by atoms with Gasteiger partial charge in [-0.15, -0.1) is 0 Å². The van der Waals surface area contributed by atoms with Crippen LogP contribution in [0.3, 0.4) is 0 Å². The third-order valence-corrected chi connectivity index (χ3v) is 3.73. The number of hydrogen-bond acceptors (Lipinski definition) is 6. The second-order valence-corrected chi connectivity index (χ2v) is 5.23. The largest absolute Gasteiger partial charge is 0.465 e. The van der Waals surface area contributed by atoms with E-state index in [1.54, 1.807) is 18.7 Å². The maximum atomic E-state index is 11.3. The summed E-state index contributed by atoms with van der Waals surface area (Å²) in [6, 6.07) is -0.527. The minimum atomic E-state index is -0.527. The first-order valence-electron chi connectivity index (χ1n) is 5.93. The standard InChI is InChI=1S/C11H22N2O3S/c1-3-15-11(14)10(12)8-17-7-9-6-13(2)4-5-16-9/h9-10H,3-8,12H2,1-2H3. The molecule has 0 aromatic carbocycles. The molecule has 1 heterocycles. The molecule has 1 fully saturated rings. The fourth-order valence-corrected chi connectivity index (χ4v) is 2.60. The quantitative estimate of drug-likeness (QED) is 0.677. The third-order valence-electron chi connectivity index (χ3n) is 2.53.